The van der Waals surface area contributed by atoms with E-state index in [4.69, 9.17) is 10.5 Å². The summed E-state index contributed by atoms with van der Waals surface area (Å²) in [7, 11) is 0. The number of piperidine rings is 1. The first-order valence-corrected chi connectivity index (χ1v) is 20.4. The number of nitrogens with two attached hydrogens (primary N) is 1. The molecule has 0 bridgehead atoms. The summed E-state index contributed by atoms with van der Waals surface area (Å²) in [5.41, 5.74) is 2.75. The van der Waals surface area contributed by atoms with Gasteiger partial charge < -0.3 is 41.1 Å². The molecule has 3 fully saturated rings. The summed E-state index contributed by atoms with van der Waals surface area (Å²) >= 11 is 0. The number of amides is 5. The van der Waals surface area contributed by atoms with Crippen LogP contribution in [0.5, 0.6) is 0 Å². The van der Waals surface area contributed by atoms with Gasteiger partial charge in [-0.25, -0.2) is 9.48 Å². The van der Waals surface area contributed by atoms with Gasteiger partial charge in [-0.1, -0.05) is 67.6 Å². The van der Waals surface area contributed by atoms with Gasteiger partial charge in [0.05, 0.1) is 23.5 Å². The van der Waals surface area contributed by atoms with Crippen LogP contribution in [0.25, 0.3) is 10.8 Å². The molecule has 2 aliphatic heterocycles. The largest absolute Gasteiger partial charge is 0.444 e. The van der Waals surface area contributed by atoms with Crippen LogP contribution >= 0.6 is 0 Å². The number of carbonyl (C=O) groups excluding carboxylic acids is 5. The van der Waals surface area contributed by atoms with Gasteiger partial charge in [0.25, 0.3) is 5.91 Å². The Morgan fingerprint density at radius 1 is 0.983 bits per heavy atom. The molecular weight excluding hydrogens is 745 g/mol. The molecule has 6 N–H and O–H groups in total. The Hall–Kier alpha value is -5.09. The zero-order chi connectivity index (χ0) is 42.0. The van der Waals surface area contributed by atoms with E-state index in [0.717, 1.165) is 42.9 Å². The maximum absolute atomic E-state index is 15.0. The Kier molecular flexibility index (Phi) is 12.5. The highest BCUT2D eigenvalue weighted by atomic mass is 16.6. The maximum Gasteiger partial charge on any atom is 0.410 e. The lowest BCUT2D eigenvalue weighted by atomic mass is 9.81. The van der Waals surface area contributed by atoms with E-state index in [0.29, 0.717) is 17.7 Å². The topological polar surface area (TPSA) is 222 Å². The summed E-state index contributed by atoms with van der Waals surface area (Å²) in [6, 6.07) is 10.3. The van der Waals surface area contributed by atoms with Gasteiger partial charge >= 0.3 is 6.09 Å². The first-order chi connectivity index (χ1) is 27.3. The molecule has 3 aliphatic rings. The molecule has 314 valence electrons. The molecule has 0 radical (unpaired) electrons. The summed E-state index contributed by atoms with van der Waals surface area (Å²) in [6.07, 6.45) is 4.38. The van der Waals surface area contributed by atoms with Gasteiger partial charge in [0.1, 0.15) is 23.3 Å². The number of aliphatic hydroxyl groups excluding tert-OH is 1. The Bertz CT molecular complexity index is 1990. The summed E-state index contributed by atoms with van der Waals surface area (Å²) in [4.78, 5) is 72.0. The first-order valence-electron chi connectivity index (χ1n) is 20.4. The quantitative estimate of drug-likeness (QED) is 0.190. The molecule has 2 aromatic carbocycles. The third-order valence-electron chi connectivity index (χ3n) is 11.8. The van der Waals surface area contributed by atoms with Gasteiger partial charge in [-0.15, -0.1) is 5.10 Å². The molecule has 4 atom stereocenters. The zero-order valence-electron chi connectivity index (χ0n) is 34.1. The number of nitrogens with zero attached hydrogens (tertiary/aromatic N) is 5. The number of aromatic nitrogens is 3. The molecule has 3 aromatic rings. The highest BCUT2D eigenvalue weighted by molar-refractivity contribution is 6.01. The fraction of sp³-hybridized carbons (Fsp3) is 0.595. The van der Waals surface area contributed by atoms with Crippen LogP contribution in [0.1, 0.15) is 114 Å². The molecule has 1 saturated carbocycles. The average molecular weight is 803 g/mol. The van der Waals surface area contributed by atoms with E-state index in [-0.39, 0.29) is 44.8 Å². The minimum absolute atomic E-state index is 0.00579. The van der Waals surface area contributed by atoms with Crippen molar-refractivity contribution in [3.8, 4) is 0 Å². The standard InChI is InChI=1S/C42H58N8O8/c1-40(2,3)58-39(56)48-19-17-42(18-20-48,34(51)35(43)52)46-37(54)32-23-30(50-33(24-44-47-50)41(4,5)57)25-49(32)38(55)31(21-26-11-7-6-8-12-26)45-36(53)29-16-15-27-13-9-10-14-28(27)22-29/h9-10,13-16,22,24,26,30-32,34,51,57H,6-8,11-12,17-21,23,25H2,1-5H3,(H2,43,52)(H,45,53)(H,46,54)/t30-,31+,32-,34?/m0/s1. The van der Waals surface area contributed by atoms with Gasteiger partial charge in [0.2, 0.25) is 17.7 Å². The Labute approximate surface area is 338 Å². The monoisotopic (exact) mass is 802 g/mol. The maximum atomic E-state index is 15.0. The molecular formula is C42H58N8O8. The summed E-state index contributed by atoms with van der Waals surface area (Å²) in [6.45, 7) is 8.51. The van der Waals surface area contributed by atoms with Gasteiger partial charge in [-0.3, -0.25) is 19.2 Å². The van der Waals surface area contributed by atoms with E-state index < -0.39 is 70.7 Å². The third-order valence-corrected chi connectivity index (χ3v) is 11.8. The number of hydrogen-bond donors (Lipinski definition) is 5. The van der Waals surface area contributed by atoms with Crippen LogP contribution in [0.4, 0.5) is 4.79 Å². The number of primary amides is 1. The highest BCUT2D eigenvalue weighted by Crippen LogP contribution is 2.35. The lowest BCUT2D eigenvalue weighted by Crippen LogP contribution is -2.67. The molecule has 1 aromatic heterocycles. The Morgan fingerprint density at radius 2 is 1.66 bits per heavy atom. The van der Waals surface area contributed by atoms with Crippen molar-refractivity contribution in [1.82, 2.24) is 35.4 Å². The van der Waals surface area contributed by atoms with Crippen molar-refractivity contribution >= 4 is 40.5 Å². The molecule has 3 heterocycles. The van der Waals surface area contributed by atoms with Crippen molar-refractivity contribution in [2.24, 2.45) is 11.7 Å². The summed E-state index contributed by atoms with van der Waals surface area (Å²) in [5, 5.41) is 38.3. The second-order valence-electron chi connectivity index (χ2n) is 17.8. The Morgan fingerprint density at radius 3 is 2.29 bits per heavy atom. The SMILES string of the molecule is CC(C)(C)OC(=O)N1CCC(NC(=O)[C@@H]2C[C@H](n3nncc3C(C)(C)O)CN2C(=O)[C@@H](CC2CCCCC2)NC(=O)c2ccc3ccccc3c2)(C(O)C(N)=O)CC1. The molecule has 16 nitrogen and oxygen atoms in total. The number of ether oxygens (including phenoxy) is 1. The lowest BCUT2D eigenvalue weighted by molar-refractivity contribution is -0.144. The van der Waals surface area contributed by atoms with Crippen LogP contribution in [0.3, 0.4) is 0 Å². The van der Waals surface area contributed by atoms with Crippen LogP contribution < -0.4 is 16.4 Å². The van der Waals surface area contributed by atoms with Crippen molar-refractivity contribution in [2.75, 3.05) is 19.6 Å². The molecule has 5 amide bonds. The minimum atomic E-state index is -1.81. The molecule has 0 spiro atoms. The van der Waals surface area contributed by atoms with Crippen LogP contribution in [0.15, 0.2) is 48.7 Å². The molecule has 1 unspecified atom stereocenters. The molecule has 16 heteroatoms. The smallest absolute Gasteiger partial charge is 0.410 e. The zero-order valence-corrected chi connectivity index (χ0v) is 34.1. The van der Waals surface area contributed by atoms with Crippen molar-refractivity contribution in [1.29, 1.82) is 0 Å². The van der Waals surface area contributed by atoms with E-state index >= 15 is 4.79 Å². The number of hydrogen-bond acceptors (Lipinski definition) is 10. The van der Waals surface area contributed by atoms with E-state index in [9.17, 15) is 29.4 Å². The second kappa shape index (κ2) is 17.0. The average Bonchev–Trinajstić information content (AvgIpc) is 3.86. The number of fused-ring (bicyclic) bond motifs is 1. The second-order valence-corrected chi connectivity index (χ2v) is 17.8. The number of nitrogens with one attached hydrogen (secondary N) is 2. The van der Waals surface area contributed by atoms with Crippen LogP contribution in [0.2, 0.25) is 0 Å². The van der Waals surface area contributed by atoms with Gasteiger partial charge in [0.15, 0.2) is 6.10 Å². The highest BCUT2D eigenvalue weighted by Gasteiger charge is 2.50. The fourth-order valence-corrected chi connectivity index (χ4v) is 8.67. The minimum Gasteiger partial charge on any atom is -0.444 e. The number of benzene rings is 2. The number of carbonyl (C=O) groups is 5. The van der Waals surface area contributed by atoms with Crippen molar-refractivity contribution < 1.29 is 38.9 Å². The third kappa shape index (κ3) is 9.60. The Balaban J connectivity index is 1.31. The first kappa shape index (κ1) is 42.5. The van der Waals surface area contributed by atoms with E-state index in [1.54, 1.807) is 46.8 Å². The van der Waals surface area contributed by atoms with E-state index in [1.807, 2.05) is 30.3 Å². The molecule has 6 rings (SSSR count). The fourth-order valence-electron chi connectivity index (χ4n) is 8.67. The van der Waals surface area contributed by atoms with E-state index in [2.05, 4.69) is 20.9 Å². The molecule has 2 saturated heterocycles. The van der Waals surface area contributed by atoms with Crippen LogP contribution in [0, 0.1) is 5.92 Å². The van der Waals surface area contributed by atoms with Crippen LogP contribution in [-0.4, -0.2) is 114 Å². The molecule has 58 heavy (non-hydrogen) atoms. The van der Waals surface area contributed by atoms with E-state index in [1.165, 1.54) is 20.7 Å². The van der Waals surface area contributed by atoms with Gasteiger partial charge in [-0.05, 0) is 82.7 Å². The van der Waals surface area contributed by atoms with Gasteiger partial charge in [0, 0.05) is 31.6 Å². The van der Waals surface area contributed by atoms with Gasteiger partial charge in [-0.2, -0.15) is 0 Å². The number of aliphatic hydroxyl groups is 2. The lowest BCUT2D eigenvalue weighted by Gasteiger charge is -2.44. The van der Waals surface area contributed by atoms with Crippen LogP contribution in [-0.2, 0) is 24.7 Å². The summed E-state index contributed by atoms with van der Waals surface area (Å²) < 4.78 is 7.05. The van der Waals surface area contributed by atoms with Crippen molar-refractivity contribution in [2.45, 2.75) is 133 Å². The number of likely N-dealkylation sites (tertiary alicyclic amines) is 2. The predicted octanol–water partition coefficient (Wildman–Crippen LogP) is 3.30. The summed E-state index contributed by atoms with van der Waals surface area (Å²) in [5.74, 6) is -2.41. The predicted molar refractivity (Wildman–Crippen MR) is 214 cm³/mol. The van der Waals surface area contributed by atoms with Crippen molar-refractivity contribution in [3.63, 3.8) is 0 Å². The molecule has 1 aliphatic carbocycles. The normalized spacial score (nSPS) is 21.3. The number of rotatable bonds is 11. The van der Waals surface area contributed by atoms with Crippen molar-refractivity contribution in [3.05, 3.63) is 59.9 Å².